The first-order valence-corrected chi connectivity index (χ1v) is 16.8. The first kappa shape index (κ1) is 37.6. The van der Waals surface area contributed by atoms with Gasteiger partial charge in [0.2, 0.25) is 10.0 Å². The van der Waals surface area contributed by atoms with Crippen molar-refractivity contribution in [3.8, 4) is 0 Å². The van der Waals surface area contributed by atoms with E-state index >= 15 is 0 Å². The second-order valence-electron chi connectivity index (χ2n) is 10.8. The Morgan fingerprint density at radius 1 is 1.06 bits per heavy atom. The summed E-state index contributed by atoms with van der Waals surface area (Å²) in [5.74, 6) is -0.473. The van der Waals surface area contributed by atoms with Gasteiger partial charge in [0.05, 0.1) is 34.2 Å². The molecule has 3 aromatic rings. The molecule has 15 heteroatoms. The van der Waals surface area contributed by atoms with E-state index in [1.165, 1.54) is 22.5 Å². The van der Waals surface area contributed by atoms with Crippen molar-refractivity contribution in [1.82, 2.24) is 10.6 Å². The number of aliphatic hydroxyl groups is 1. The standard InChI is InChI=1S/C31H36ClF3N4O4S.CH2O2/c1-2-37-24-16-23(17-25(18-24)39-12-6-7-13-44(39,42)43)30(41)38-28(15-21-8-4-3-5-9-21)29(40)20-36-19-22-10-11-27(32)26(14-22)31(33,34)35;2-1-3/h3-5,8-11,14,16-18,28-29,36-37,40H,2,6-7,12-13,15,19-20H2,1H3,(H,38,41);1H,(H,2,3)/t28-,29+;/m0./s1. The molecule has 1 fully saturated rings. The summed E-state index contributed by atoms with van der Waals surface area (Å²) in [6.45, 7) is 2.50. The fourth-order valence-corrected chi connectivity index (χ4v) is 6.93. The molecule has 1 aliphatic heterocycles. The average molecular weight is 699 g/mol. The van der Waals surface area contributed by atoms with Crippen molar-refractivity contribution >= 4 is 45.4 Å². The molecule has 0 aliphatic carbocycles. The number of halogens is 4. The van der Waals surface area contributed by atoms with Crippen LogP contribution >= 0.6 is 11.6 Å². The van der Waals surface area contributed by atoms with E-state index in [1.807, 2.05) is 37.3 Å². The van der Waals surface area contributed by atoms with Crippen LogP contribution in [0.5, 0.6) is 0 Å². The third-order valence-corrected chi connectivity index (χ3v) is 9.50. The summed E-state index contributed by atoms with van der Waals surface area (Å²) < 4.78 is 66.7. The van der Waals surface area contributed by atoms with Gasteiger partial charge in [0, 0.05) is 37.4 Å². The molecule has 2 atom stereocenters. The molecule has 1 amide bonds. The third-order valence-electron chi connectivity index (χ3n) is 7.30. The van der Waals surface area contributed by atoms with Crippen molar-refractivity contribution in [1.29, 1.82) is 0 Å². The number of rotatable bonds is 12. The van der Waals surface area contributed by atoms with Gasteiger partial charge in [-0.25, -0.2) is 8.42 Å². The fraction of sp³-hybridized carbons (Fsp3) is 0.375. The number of carbonyl (C=O) groups is 2. The highest BCUT2D eigenvalue weighted by atomic mass is 35.5. The van der Waals surface area contributed by atoms with Gasteiger partial charge < -0.3 is 26.2 Å². The zero-order valence-corrected chi connectivity index (χ0v) is 27.2. The Balaban J connectivity index is 0.00000192. The quantitative estimate of drug-likeness (QED) is 0.168. The van der Waals surface area contributed by atoms with Crippen LogP contribution in [0, 0.1) is 0 Å². The highest BCUT2D eigenvalue weighted by molar-refractivity contribution is 7.92. The Kier molecular flexibility index (Phi) is 13.9. The predicted octanol–water partition coefficient (Wildman–Crippen LogP) is 4.91. The summed E-state index contributed by atoms with van der Waals surface area (Å²) in [7, 11) is -3.52. The van der Waals surface area contributed by atoms with Gasteiger partial charge in [-0.3, -0.25) is 13.9 Å². The largest absolute Gasteiger partial charge is 0.483 e. The summed E-state index contributed by atoms with van der Waals surface area (Å²) >= 11 is 5.72. The SMILES string of the molecule is CCNc1cc(C(=O)N[C@@H](Cc2ccccc2)[C@H](O)CNCc2ccc(Cl)c(C(F)(F)F)c2)cc(N2CCCCS2(=O)=O)c1.O=CO. The minimum Gasteiger partial charge on any atom is -0.483 e. The lowest BCUT2D eigenvalue weighted by Crippen LogP contribution is -2.48. The van der Waals surface area contributed by atoms with Gasteiger partial charge in [0.25, 0.3) is 12.4 Å². The lowest BCUT2D eigenvalue weighted by atomic mass is 10.00. The Labute approximate surface area is 277 Å². The first-order chi connectivity index (χ1) is 22.3. The van der Waals surface area contributed by atoms with E-state index in [0.29, 0.717) is 42.9 Å². The number of amides is 1. The number of sulfonamides is 1. The Morgan fingerprint density at radius 2 is 1.77 bits per heavy atom. The Morgan fingerprint density at radius 3 is 2.40 bits per heavy atom. The van der Waals surface area contributed by atoms with Crippen LogP contribution in [0.4, 0.5) is 24.5 Å². The minimum atomic E-state index is -4.60. The second-order valence-corrected chi connectivity index (χ2v) is 13.2. The Bertz CT molecular complexity index is 1600. The summed E-state index contributed by atoms with van der Waals surface area (Å²) in [6, 6.07) is 16.9. The van der Waals surface area contributed by atoms with Crippen molar-refractivity contribution in [2.75, 3.05) is 35.0 Å². The molecule has 0 bridgehead atoms. The summed E-state index contributed by atoms with van der Waals surface area (Å²) in [5, 5.41) is 26.7. The number of anilines is 2. The number of hydrogen-bond donors (Lipinski definition) is 5. The minimum absolute atomic E-state index is 0.0295. The molecule has 0 aromatic heterocycles. The number of benzene rings is 3. The van der Waals surface area contributed by atoms with Gasteiger partial charge in [-0.05, 0) is 67.6 Å². The van der Waals surface area contributed by atoms with Crippen LogP contribution in [0.3, 0.4) is 0 Å². The fourth-order valence-electron chi connectivity index (χ4n) is 5.08. The maximum Gasteiger partial charge on any atom is 0.417 e. The monoisotopic (exact) mass is 698 g/mol. The van der Waals surface area contributed by atoms with E-state index in [0.717, 1.165) is 11.6 Å². The molecule has 1 saturated heterocycles. The maximum atomic E-state index is 13.6. The summed E-state index contributed by atoms with van der Waals surface area (Å²) in [6.07, 6.45) is -4.16. The normalized spacial score (nSPS) is 15.5. The molecule has 5 N–H and O–H groups in total. The number of aliphatic hydroxyl groups excluding tert-OH is 1. The smallest absolute Gasteiger partial charge is 0.417 e. The van der Waals surface area contributed by atoms with E-state index in [1.54, 1.807) is 12.1 Å². The van der Waals surface area contributed by atoms with Crippen molar-refractivity contribution in [2.45, 2.75) is 51.1 Å². The zero-order chi connectivity index (χ0) is 34.6. The molecular weight excluding hydrogens is 661 g/mol. The van der Waals surface area contributed by atoms with Crippen molar-refractivity contribution < 1.29 is 41.4 Å². The summed E-state index contributed by atoms with van der Waals surface area (Å²) in [4.78, 5) is 22.0. The number of nitrogens with one attached hydrogen (secondary N) is 3. The predicted molar refractivity (Wildman–Crippen MR) is 175 cm³/mol. The van der Waals surface area contributed by atoms with E-state index < -0.39 is 44.8 Å². The molecule has 3 aromatic carbocycles. The van der Waals surface area contributed by atoms with Crippen LogP contribution in [0.2, 0.25) is 5.02 Å². The molecule has 1 heterocycles. The van der Waals surface area contributed by atoms with Gasteiger partial charge in [0.1, 0.15) is 0 Å². The van der Waals surface area contributed by atoms with Crippen LogP contribution in [0.1, 0.15) is 46.8 Å². The molecule has 256 valence electrons. The molecule has 0 saturated carbocycles. The highest BCUT2D eigenvalue weighted by Crippen LogP contribution is 2.35. The van der Waals surface area contributed by atoms with E-state index in [2.05, 4.69) is 16.0 Å². The zero-order valence-electron chi connectivity index (χ0n) is 25.6. The number of nitrogens with zero attached hydrogens (tertiary/aromatic N) is 1. The molecule has 0 unspecified atom stereocenters. The van der Waals surface area contributed by atoms with Crippen molar-refractivity contribution in [3.63, 3.8) is 0 Å². The van der Waals surface area contributed by atoms with Crippen molar-refractivity contribution in [3.05, 3.63) is 94.0 Å². The molecule has 10 nitrogen and oxygen atoms in total. The van der Waals surface area contributed by atoms with Gasteiger partial charge in [-0.2, -0.15) is 13.2 Å². The molecular formula is C32H38ClF3N4O6S. The maximum absolute atomic E-state index is 13.6. The van der Waals surface area contributed by atoms with E-state index in [9.17, 15) is 31.5 Å². The van der Waals surface area contributed by atoms with Gasteiger partial charge in [-0.15, -0.1) is 0 Å². The molecule has 47 heavy (non-hydrogen) atoms. The molecule has 1 aliphatic rings. The number of alkyl halides is 3. The summed E-state index contributed by atoms with van der Waals surface area (Å²) in [5.41, 5.74) is 1.43. The molecule has 4 rings (SSSR count). The van der Waals surface area contributed by atoms with Crippen LogP contribution in [0.15, 0.2) is 66.7 Å². The highest BCUT2D eigenvalue weighted by Gasteiger charge is 2.33. The van der Waals surface area contributed by atoms with Crippen LogP contribution in [-0.4, -0.2) is 68.5 Å². The van der Waals surface area contributed by atoms with Gasteiger partial charge >= 0.3 is 6.18 Å². The van der Waals surface area contributed by atoms with Crippen LogP contribution in [0.25, 0.3) is 0 Å². The average Bonchev–Trinajstić information content (AvgIpc) is 3.01. The van der Waals surface area contributed by atoms with Gasteiger partial charge in [-0.1, -0.05) is 48.0 Å². The van der Waals surface area contributed by atoms with E-state index in [-0.39, 0.29) is 37.3 Å². The van der Waals surface area contributed by atoms with Crippen LogP contribution < -0.4 is 20.3 Å². The van der Waals surface area contributed by atoms with Crippen LogP contribution in [-0.2, 0) is 34.0 Å². The molecule has 0 radical (unpaired) electrons. The topological polar surface area (TPSA) is 148 Å². The lowest BCUT2D eigenvalue weighted by molar-refractivity contribution is -0.137. The Hall–Kier alpha value is -3.85. The lowest BCUT2D eigenvalue weighted by Gasteiger charge is -2.29. The third kappa shape index (κ3) is 11.1. The molecule has 0 spiro atoms. The number of carbonyl (C=O) groups excluding carboxylic acids is 1. The number of hydrogen-bond acceptors (Lipinski definition) is 7. The van der Waals surface area contributed by atoms with Crippen molar-refractivity contribution in [2.24, 2.45) is 0 Å². The second kappa shape index (κ2) is 17.3. The van der Waals surface area contributed by atoms with E-state index in [4.69, 9.17) is 21.5 Å². The first-order valence-electron chi connectivity index (χ1n) is 14.9. The van der Waals surface area contributed by atoms with Gasteiger partial charge in [0.15, 0.2) is 0 Å². The number of carboxylic acid groups (broad SMARTS) is 1.